The minimum atomic E-state index is -3.47. The molecule has 3 aromatic rings. The van der Waals surface area contributed by atoms with Gasteiger partial charge in [-0.15, -0.1) is 0 Å². The lowest BCUT2D eigenvalue weighted by molar-refractivity contribution is 0.0743. The smallest absolute Gasteiger partial charge is 0.255 e. The Hall–Kier alpha value is -2.16. The lowest BCUT2D eigenvalue weighted by atomic mass is 10.2. The summed E-state index contributed by atoms with van der Waals surface area (Å²) >= 11 is 7.89. The first-order valence-electron chi connectivity index (χ1n) is 9.73. The standard InChI is InChI=1S/C21H22ClN3O3S2/c1-3-30(27,28)17-7-5-4-6-15(17)20(26)24-10-12-25(13-11-24)21-23-18-14(2)8-9-16(22)19(18)29-21/h4-9H,3,10-13H2,1-2H3. The summed E-state index contributed by atoms with van der Waals surface area (Å²) in [6.07, 6.45) is 0. The molecule has 0 aliphatic carbocycles. The van der Waals surface area contributed by atoms with Crippen molar-refractivity contribution in [1.82, 2.24) is 9.88 Å². The molecule has 0 radical (unpaired) electrons. The number of hydrogen-bond acceptors (Lipinski definition) is 6. The van der Waals surface area contributed by atoms with E-state index in [-0.39, 0.29) is 22.1 Å². The second-order valence-corrected chi connectivity index (χ2v) is 10.8. The summed E-state index contributed by atoms with van der Waals surface area (Å²) < 4.78 is 25.8. The number of amides is 1. The highest BCUT2D eigenvalue weighted by Gasteiger charge is 2.28. The predicted octanol–water partition coefficient (Wildman–Crippen LogP) is 4.01. The van der Waals surface area contributed by atoms with E-state index in [0.29, 0.717) is 31.2 Å². The summed E-state index contributed by atoms with van der Waals surface area (Å²) in [7, 11) is -3.47. The fourth-order valence-corrected chi connectivity index (χ4v) is 6.02. The van der Waals surface area contributed by atoms with Gasteiger partial charge in [0.25, 0.3) is 5.91 Å². The van der Waals surface area contributed by atoms with Crippen molar-refractivity contribution in [2.24, 2.45) is 0 Å². The number of fused-ring (bicyclic) bond motifs is 1. The maximum Gasteiger partial charge on any atom is 0.255 e. The third kappa shape index (κ3) is 3.79. The molecule has 1 fully saturated rings. The number of nitrogens with zero attached hydrogens (tertiary/aromatic N) is 3. The molecule has 30 heavy (non-hydrogen) atoms. The number of aromatic nitrogens is 1. The molecule has 158 valence electrons. The van der Waals surface area contributed by atoms with E-state index < -0.39 is 9.84 Å². The van der Waals surface area contributed by atoms with Crippen molar-refractivity contribution in [2.45, 2.75) is 18.7 Å². The van der Waals surface area contributed by atoms with E-state index >= 15 is 0 Å². The quantitative estimate of drug-likeness (QED) is 0.584. The van der Waals surface area contributed by atoms with Crippen LogP contribution in [0.2, 0.25) is 5.02 Å². The number of halogens is 1. The van der Waals surface area contributed by atoms with Gasteiger partial charge in [0.2, 0.25) is 0 Å². The molecule has 0 bridgehead atoms. The van der Waals surface area contributed by atoms with Crippen LogP contribution in [-0.2, 0) is 9.84 Å². The van der Waals surface area contributed by atoms with Crippen LogP contribution in [0, 0.1) is 6.92 Å². The zero-order valence-corrected chi connectivity index (χ0v) is 19.1. The van der Waals surface area contributed by atoms with Crippen molar-refractivity contribution in [3.8, 4) is 0 Å². The molecule has 2 heterocycles. The zero-order chi connectivity index (χ0) is 21.5. The highest BCUT2D eigenvalue weighted by molar-refractivity contribution is 7.91. The number of benzene rings is 2. The maximum atomic E-state index is 13.1. The van der Waals surface area contributed by atoms with Gasteiger partial charge >= 0.3 is 0 Å². The molecular weight excluding hydrogens is 442 g/mol. The first-order chi connectivity index (χ1) is 14.3. The first kappa shape index (κ1) is 21.1. The molecule has 0 N–H and O–H groups in total. The zero-order valence-electron chi connectivity index (χ0n) is 16.8. The van der Waals surface area contributed by atoms with Gasteiger partial charge in [-0.1, -0.05) is 48.1 Å². The van der Waals surface area contributed by atoms with E-state index in [1.807, 2.05) is 19.1 Å². The van der Waals surface area contributed by atoms with Crippen LogP contribution in [0.1, 0.15) is 22.8 Å². The summed E-state index contributed by atoms with van der Waals surface area (Å²) in [5, 5.41) is 1.59. The molecule has 0 atom stereocenters. The van der Waals surface area contributed by atoms with Crippen molar-refractivity contribution in [3.05, 3.63) is 52.5 Å². The third-order valence-electron chi connectivity index (χ3n) is 5.36. The molecule has 1 amide bonds. The topological polar surface area (TPSA) is 70.6 Å². The number of aryl methyl sites for hydroxylation is 1. The van der Waals surface area contributed by atoms with Crippen molar-refractivity contribution < 1.29 is 13.2 Å². The van der Waals surface area contributed by atoms with E-state index in [4.69, 9.17) is 16.6 Å². The van der Waals surface area contributed by atoms with Crippen molar-refractivity contribution in [2.75, 3.05) is 36.8 Å². The Morgan fingerprint density at radius 2 is 1.83 bits per heavy atom. The van der Waals surface area contributed by atoms with Crippen molar-refractivity contribution in [1.29, 1.82) is 0 Å². The summed E-state index contributed by atoms with van der Waals surface area (Å²) in [5.74, 6) is -0.282. The Kier molecular flexibility index (Phi) is 5.74. The molecule has 0 spiro atoms. The fourth-order valence-electron chi connectivity index (χ4n) is 3.57. The largest absolute Gasteiger partial charge is 0.345 e. The maximum absolute atomic E-state index is 13.1. The van der Waals surface area contributed by atoms with Gasteiger partial charge in [0.15, 0.2) is 15.0 Å². The van der Waals surface area contributed by atoms with Gasteiger partial charge in [0.1, 0.15) is 0 Å². The first-order valence-corrected chi connectivity index (χ1v) is 12.6. The fraction of sp³-hybridized carbons (Fsp3) is 0.333. The van der Waals surface area contributed by atoms with Crippen molar-refractivity contribution >= 4 is 54.0 Å². The Morgan fingerprint density at radius 3 is 2.50 bits per heavy atom. The van der Waals surface area contributed by atoms with Gasteiger partial charge in [0.05, 0.1) is 31.5 Å². The SMILES string of the molecule is CCS(=O)(=O)c1ccccc1C(=O)N1CCN(c2nc3c(C)ccc(Cl)c3s2)CC1. The van der Waals surface area contributed by atoms with Crippen LogP contribution in [0.5, 0.6) is 0 Å². The molecule has 0 saturated carbocycles. The molecule has 2 aromatic carbocycles. The van der Waals surface area contributed by atoms with Crippen LogP contribution in [-0.4, -0.2) is 56.1 Å². The second kappa shape index (κ2) is 8.17. The van der Waals surface area contributed by atoms with E-state index in [0.717, 1.165) is 20.9 Å². The highest BCUT2D eigenvalue weighted by Crippen LogP contribution is 2.36. The molecule has 1 aromatic heterocycles. The molecule has 1 aliphatic rings. The minimum Gasteiger partial charge on any atom is -0.345 e. The molecule has 9 heteroatoms. The molecule has 1 saturated heterocycles. The van der Waals surface area contributed by atoms with Crippen molar-refractivity contribution in [3.63, 3.8) is 0 Å². The van der Waals surface area contributed by atoms with E-state index in [9.17, 15) is 13.2 Å². The molecular formula is C21H22ClN3O3S2. The number of anilines is 1. The van der Waals surface area contributed by atoms with Gasteiger partial charge in [-0.25, -0.2) is 13.4 Å². The summed E-state index contributed by atoms with van der Waals surface area (Å²) in [6, 6.07) is 10.3. The Bertz CT molecular complexity index is 1180. The van der Waals surface area contributed by atoms with E-state index in [2.05, 4.69) is 4.90 Å². The number of thiazole rings is 1. The predicted molar refractivity (Wildman–Crippen MR) is 122 cm³/mol. The van der Waals surface area contributed by atoms with Gasteiger partial charge in [-0.05, 0) is 30.7 Å². The molecule has 6 nitrogen and oxygen atoms in total. The highest BCUT2D eigenvalue weighted by atomic mass is 35.5. The number of carbonyl (C=O) groups is 1. The van der Waals surface area contributed by atoms with Crippen LogP contribution in [0.4, 0.5) is 5.13 Å². The summed E-state index contributed by atoms with van der Waals surface area (Å²) in [6.45, 7) is 5.86. The lowest BCUT2D eigenvalue weighted by Crippen LogP contribution is -2.49. The minimum absolute atomic E-state index is 0.0370. The van der Waals surface area contributed by atoms with Crippen LogP contribution >= 0.6 is 22.9 Å². The van der Waals surface area contributed by atoms with Gasteiger partial charge in [-0.2, -0.15) is 0 Å². The normalized spacial score (nSPS) is 15.0. The number of piperazine rings is 1. The van der Waals surface area contributed by atoms with Gasteiger partial charge < -0.3 is 9.80 Å². The number of rotatable bonds is 4. The average molecular weight is 464 g/mol. The van der Waals surface area contributed by atoms with Gasteiger partial charge in [-0.3, -0.25) is 4.79 Å². The molecule has 0 unspecified atom stereocenters. The van der Waals surface area contributed by atoms with Crippen LogP contribution in [0.15, 0.2) is 41.3 Å². The number of carbonyl (C=O) groups excluding carboxylic acids is 1. The monoisotopic (exact) mass is 463 g/mol. The van der Waals surface area contributed by atoms with Crippen LogP contribution in [0.25, 0.3) is 10.2 Å². The second-order valence-electron chi connectivity index (χ2n) is 7.22. The summed E-state index contributed by atoms with van der Waals surface area (Å²) in [5.41, 5.74) is 2.24. The Labute approximate surface area is 185 Å². The number of sulfone groups is 1. The Morgan fingerprint density at radius 1 is 1.13 bits per heavy atom. The molecule has 1 aliphatic heterocycles. The molecule has 4 rings (SSSR count). The third-order valence-corrected chi connectivity index (χ3v) is 8.72. The Balaban J connectivity index is 1.53. The van der Waals surface area contributed by atoms with Gasteiger partial charge in [0, 0.05) is 26.2 Å². The average Bonchev–Trinajstić information content (AvgIpc) is 3.23. The van der Waals surface area contributed by atoms with Crippen LogP contribution < -0.4 is 4.90 Å². The number of hydrogen-bond donors (Lipinski definition) is 0. The van der Waals surface area contributed by atoms with E-state index in [1.54, 1.807) is 41.4 Å². The van der Waals surface area contributed by atoms with E-state index in [1.165, 1.54) is 6.07 Å². The van der Waals surface area contributed by atoms with Crippen LogP contribution in [0.3, 0.4) is 0 Å². The lowest BCUT2D eigenvalue weighted by Gasteiger charge is -2.34. The summed E-state index contributed by atoms with van der Waals surface area (Å²) in [4.78, 5) is 21.8.